The van der Waals surface area contributed by atoms with Gasteiger partial charge in [-0.05, 0) is 47.7 Å². The number of hydrogen-bond donors (Lipinski definition) is 1. The average Bonchev–Trinajstić information content (AvgIpc) is 2.53. The normalized spacial score (nSPS) is 10.1. The van der Waals surface area contributed by atoms with Gasteiger partial charge in [0.15, 0.2) is 5.78 Å². The van der Waals surface area contributed by atoms with Crippen molar-refractivity contribution in [3.63, 3.8) is 0 Å². The van der Waals surface area contributed by atoms with E-state index in [0.29, 0.717) is 28.3 Å². The molecule has 0 bridgehead atoms. The lowest BCUT2D eigenvalue weighted by Gasteiger charge is -2.15. The molecule has 0 saturated carbocycles. The Labute approximate surface area is 148 Å². The summed E-state index contributed by atoms with van der Waals surface area (Å²) >= 11 is 2.14. The highest BCUT2D eigenvalue weighted by Crippen LogP contribution is 2.33. The van der Waals surface area contributed by atoms with Crippen LogP contribution >= 0.6 is 22.6 Å². The minimum Gasteiger partial charge on any atom is -0.497 e. The lowest BCUT2D eigenvalue weighted by atomic mass is 10.1. The molecule has 2 aromatic carbocycles. The summed E-state index contributed by atoms with van der Waals surface area (Å²) in [6.45, 7) is 1.42. The van der Waals surface area contributed by atoms with Crippen molar-refractivity contribution in [3.8, 4) is 11.5 Å². The molecule has 0 aliphatic heterocycles. The number of carbonyl (C=O) groups excluding carboxylic acids is 2. The van der Waals surface area contributed by atoms with Crippen LogP contribution in [0, 0.1) is 3.57 Å². The molecule has 0 aromatic heterocycles. The molecular formula is C17H16INO4. The molecule has 0 heterocycles. The van der Waals surface area contributed by atoms with Gasteiger partial charge in [-0.25, -0.2) is 0 Å². The number of methoxy groups -OCH3 is 2. The van der Waals surface area contributed by atoms with Gasteiger partial charge < -0.3 is 14.8 Å². The molecule has 6 heteroatoms. The summed E-state index contributed by atoms with van der Waals surface area (Å²) in [5, 5.41) is 2.76. The van der Waals surface area contributed by atoms with Crippen LogP contribution in [0.3, 0.4) is 0 Å². The number of amides is 1. The number of ether oxygens (including phenoxy) is 2. The van der Waals surface area contributed by atoms with Gasteiger partial charge in [0.05, 0.1) is 25.5 Å². The number of carbonyl (C=O) groups is 2. The topological polar surface area (TPSA) is 64.6 Å². The molecule has 0 aliphatic rings. The molecule has 23 heavy (non-hydrogen) atoms. The van der Waals surface area contributed by atoms with Gasteiger partial charge in [0, 0.05) is 21.3 Å². The first-order valence-electron chi connectivity index (χ1n) is 6.80. The van der Waals surface area contributed by atoms with Crippen molar-refractivity contribution >= 4 is 40.0 Å². The summed E-state index contributed by atoms with van der Waals surface area (Å²) in [7, 11) is 2.97. The Balaban J connectivity index is 2.45. The Hall–Kier alpha value is -2.09. The second-order valence-electron chi connectivity index (χ2n) is 4.77. The molecule has 0 saturated heterocycles. The maximum absolute atomic E-state index is 12.4. The predicted octanol–water partition coefficient (Wildman–Crippen LogP) is 3.76. The van der Waals surface area contributed by atoms with Crippen LogP contribution in [0.15, 0.2) is 36.4 Å². The van der Waals surface area contributed by atoms with Crippen molar-refractivity contribution in [3.05, 3.63) is 51.1 Å². The van der Waals surface area contributed by atoms with E-state index in [-0.39, 0.29) is 11.7 Å². The van der Waals surface area contributed by atoms with E-state index in [9.17, 15) is 9.59 Å². The molecule has 2 rings (SSSR count). The zero-order chi connectivity index (χ0) is 17.0. The first-order valence-corrected chi connectivity index (χ1v) is 7.88. The van der Waals surface area contributed by atoms with Gasteiger partial charge in [-0.1, -0.05) is 6.07 Å². The molecule has 0 aliphatic carbocycles. The minimum absolute atomic E-state index is 0.206. The van der Waals surface area contributed by atoms with Crippen LogP contribution in [0.25, 0.3) is 0 Å². The number of halogens is 1. The molecule has 120 valence electrons. The summed E-state index contributed by atoms with van der Waals surface area (Å²) < 4.78 is 11.4. The van der Waals surface area contributed by atoms with E-state index in [1.807, 2.05) is 6.07 Å². The zero-order valence-electron chi connectivity index (χ0n) is 13.0. The van der Waals surface area contributed by atoms with Gasteiger partial charge >= 0.3 is 0 Å². The number of anilines is 1. The predicted molar refractivity (Wildman–Crippen MR) is 96.7 cm³/mol. The van der Waals surface area contributed by atoms with Crippen molar-refractivity contribution in [1.82, 2.24) is 0 Å². The Kier molecular flexibility index (Phi) is 5.59. The number of benzene rings is 2. The maximum atomic E-state index is 12.4. The molecular weight excluding hydrogens is 409 g/mol. The van der Waals surface area contributed by atoms with E-state index in [1.54, 1.807) is 30.3 Å². The third-order valence-electron chi connectivity index (χ3n) is 3.22. The largest absolute Gasteiger partial charge is 0.497 e. The molecule has 2 aromatic rings. The lowest BCUT2D eigenvalue weighted by Crippen LogP contribution is -2.15. The average molecular weight is 425 g/mol. The molecule has 1 N–H and O–H groups in total. The molecule has 0 radical (unpaired) electrons. The number of rotatable bonds is 5. The molecule has 0 spiro atoms. The summed E-state index contributed by atoms with van der Waals surface area (Å²) in [5.41, 5.74) is 1.18. The second kappa shape index (κ2) is 7.45. The number of hydrogen-bond acceptors (Lipinski definition) is 4. The standard InChI is InChI=1S/C17H16INO4/c1-10(20)16-14(8-13(22-2)9-15(16)23-3)19-17(21)11-5-4-6-12(18)7-11/h4-9H,1-3H3,(H,19,21). The monoisotopic (exact) mass is 425 g/mol. The van der Waals surface area contributed by atoms with E-state index in [4.69, 9.17) is 9.47 Å². The summed E-state index contributed by atoms with van der Waals surface area (Å²) in [4.78, 5) is 24.4. The highest BCUT2D eigenvalue weighted by molar-refractivity contribution is 14.1. The number of ketones is 1. The van der Waals surface area contributed by atoms with Crippen molar-refractivity contribution in [2.24, 2.45) is 0 Å². The quantitative estimate of drug-likeness (QED) is 0.586. The summed E-state index contributed by atoms with van der Waals surface area (Å²) in [6.07, 6.45) is 0. The van der Waals surface area contributed by atoms with E-state index >= 15 is 0 Å². The molecule has 1 amide bonds. The smallest absolute Gasteiger partial charge is 0.255 e. The first kappa shape index (κ1) is 17.3. The molecule has 0 atom stereocenters. The Bertz CT molecular complexity index is 758. The number of Topliss-reactive ketones (excluding diaryl/α,β-unsaturated/α-hetero) is 1. The van der Waals surface area contributed by atoms with Gasteiger partial charge in [-0.2, -0.15) is 0 Å². The van der Waals surface area contributed by atoms with Crippen LogP contribution in [0.2, 0.25) is 0 Å². The highest BCUT2D eigenvalue weighted by Gasteiger charge is 2.18. The molecule has 0 unspecified atom stereocenters. The third kappa shape index (κ3) is 4.01. The fourth-order valence-corrected chi connectivity index (χ4v) is 2.70. The summed E-state index contributed by atoms with van der Waals surface area (Å²) in [6, 6.07) is 10.4. The van der Waals surface area contributed by atoms with Crippen LogP contribution in [0.4, 0.5) is 5.69 Å². The van der Waals surface area contributed by atoms with Gasteiger partial charge in [0.25, 0.3) is 5.91 Å². The van der Waals surface area contributed by atoms with E-state index in [2.05, 4.69) is 27.9 Å². The Morgan fingerprint density at radius 1 is 1.09 bits per heavy atom. The maximum Gasteiger partial charge on any atom is 0.255 e. The first-order chi connectivity index (χ1) is 11.0. The lowest BCUT2D eigenvalue weighted by molar-refractivity contribution is 0.101. The molecule has 0 fully saturated rings. The minimum atomic E-state index is -0.304. The van der Waals surface area contributed by atoms with Crippen molar-refractivity contribution in [2.45, 2.75) is 6.92 Å². The second-order valence-corrected chi connectivity index (χ2v) is 6.02. The van der Waals surface area contributed by atoms with Crippen LogP contribution in [-0.4, -0.2) is 25.9 Å². The Morgan fingerprint density at radius 3 is 2.39 bits per heavy atom. The van der Waals surface area contributed by atoms with Crippen LogP contribution < -0.4 is 14.8 Å². The van der Waals surface area contributed by atoms with Gasteiger partial charge in [-0.3, -0.25) is 9.59 Å². The van der Waals surface area contributed by atoms with Crippen molar-refractivity contribution < 1.29 is 19.1 Å². The van der Waals surface area contributed by atoms with E-state index < -0.39 is 0 Å². The van der Waals surface area contributed by atoms with Gasteiger partial charge in [-0.15, -0.1) is 0 Å². The molecule has 5 nitrogen and oxygen atoms in total. The van der Waals surface area contributed by atoms with Gasteiger partial charge in [0.1, 0.15) is 11.5 Å². The summed E-state index contributed by atoms with van der Waals surface area (Å²) in [5.74, 6) is 0.336. The van der Waals surface area contributed by atoms with Gasteiger partial charge in [0.2, 0.25) is 0 Å². The van der Waals surface area contributed by atoms with Crippen LogP contribution in [0.1, 0.15) is 27.6 Å². The fourth-order valence-electron chi connectivity index (χ4n) is 2.15. The van der Waals surface area contributed by atoms with Crippen molar-refractivity contribution in [1.29, 1.82) is 0 Å². The fraction of sp³-hybridized carbons (Fsp3) is 0.176. The zero-order valence-corrected chi connectivity index (χ0v) is 15.1. The SMILES string of the molecule is COc1cc(NC(=O)c2cccc(I)c2)c(C(C)=O)c(OC)c1. The van der Waals surface area contributed by atoms with E-state index in [0.717, 1.165) is 3.57 Å². The van der Waals surface area contributed by atoms with Crippen LogP contribution in [0.5, 0.6) is 11.5 Å². The highest BCUT2D eigenvalue weighted by atomic mass is 127. The van der Waals surface area contributed by atoms with E-state index in [1.165, 1.54) is 21.1 Å². The van der Waals surface area contributed by atoms with Crippen molar-refractivity contribution in [2.75, 3.05) is 19.5 Å². The third-order valence-corrected chi connectivity index (χ3v) is 3.89. The number of nitrogens with one attached hydrogen (secondary N) is 1. The Morgan fingerprint density at radius 2 is 1.83 bits per heavy atom. The van der Waals surface area contributed by atoms with Crippen LogP contribution in [-0.2, 0) is 0 Å².